The molecule has 0 fully saturated rings. The van der Waals surface area contributed by atoms with Gasteiger partial charge in [0.1, 0.15) is 0 Å². The summed E-state index contributed by atoms with van der Waals surface area (Å²) in [7, 11) is 0. The van der Waals surface area contributed by atoms with E-state index < -0.39 is 6.29 Å². The molecule has 0 aromatic heterocycles. The van der Waals surface area contributed by atoms with Gasteiger partial charge in [-0.05, 0) is 24.3 Å². The van der Waals surface area contributed by atoms with E-state index in [2.05, 4.69) is 17.2 Å². The molecule has 0 spiro atoms. The summed E-state index contributed by atoms with van der Waals surface area (Å²) in [5, 5.41) is 22.1. The molecule has 3 N–H and O–H groups in total. The molecule has 19 heavy (non-hydrogen) atoms. The van der Waals surface area contributed by atoms with Gasteiger partial charge in [-0.3, -0.25) is 4.99 Å². The zero-order chi connectivity index (χ0) is 13.7. The van der Waals surface area contributed by atoms with Crippen LogP contribution >= 0.6 is 0 Å². The van der Waals surface area contributed by atoms with Crippen LogP contribution in [0.4, 0.5) is 0 Å². The fourth-order valence-electron chi connectivity index (χ4n) is 2.53. The molecule has 0 saturated heterocycles. The first-order valence-electron chi connectivity index (χ1n) is 6.82. The first kappa shape index (κ1) is 14.2. The normalized spacial score (nSPS) is 30.3. The fourth-order valence-corrected chi connectivity index (χ4v) is 2.53. The van der Waals surface area contributed by atoms with Gasteiger partial charge in [0.05, 0.1) is 18.9 Å². The summed E-state index contributed by atoms with van der Waals surface area (Å²) in [6.45, 7) is 3.68. The van der Waals surface area contributed by atoms with Crippen LogP contribution in [0.25, 0.3) is 0 Å². The van der Waals surface area contributed by atoms with Gasteiger partial charge in [-0.15, -0.1) is 0 Å². The number of nitrogens with zero attached hydrogens (tertiary/aromatic N) is 1. The Kier molecular flexibility index (Phi) is 5.13. The lowest BCUT2D eigenvalue weighted by atomic mass is 9.92. The molecule has 3 atom stereocenters. The molecule has 2 aliphatic heterocycles. The Morgan fingerprint density at radius 3 is 3.11 bits per heavy atom. The van der Waals surface area contributed by atoms with E-state index in [1.807, 2.05) is 6.26 Å². The molecule has 0 radical (unpaired) electrons. The highest BCUT2D eigenvalue weighted by atomic mass is 16.5. The Balaban J connectivity index is 1.90. The Labute approximate surface area is 113 Å². The highest BCUT2D eigenvalue weighted by Crippen LogP contribution is 2.23. The molecule has 2 rings (SSSR count). The highest BCUT2D eigenvalue weighted by Gasteiger charge is 2.26. The lowest BCUT2D eigenvalue weighted by molar-refractivity contribution is -0.0737. The van der Waals surface area contributed by atoms with Crippen molar-refractivity contribution in [1.29, 1.82) is 0 Å². The Morgan fingerprint density at radius 1 is 1.53 bits per heavy atom. The number of hydrogen-bond donors (Lipinski definition) is 3. The molecule has 0 aromatic carbocycles. The van der Waals surface area contributed by atoms with Gasteiger partial charge in [0.2, 0.25) is 0 Å². The number of nitrogens with one attached hydrogen (secondary N) is 1. The second-order valence-electron chi connectivity index (χ2n) is 4.97. The Bertz CT molecular complexity index is 377. The molecule has 0 amide bonds. The summed E-state index contributed by atoms with van der Waals surface area (Å²) in [5.41, 5.74) is 1.31. The molecule has 5 nitrogen and oxygen atoms in total. The lowest BCUT2D eigenvalue weighted by Crippen LogP contribution is -2.45. The van der Waals surface area contributed by atoms with Crippen molar-refractivity contribution in [2.45, 2.75) is 32.1 Å². The van der Waals surface area contributed by atoms with Crippen LogP contribution in [0.3, 0.4) is 0 Å². The molecule has 106 valence electrons. The highest BCUT2D eigenvalue weighted by molar-refractivity contribution is 5.67. The van der Waals surface area contributed by atoms with E-state index in [0.717, 1.165) is 26.0 Å². The van der Waals surface area contributed by atoms with Crippen LogP contribution < -0.4 is 5.32 Å². The van der Waals surface area contributed by atoms with Gasteiger partial charge in [0.25, 0.3) is 0 Å². The third kappa shape index (κ3) is 3.65. The van der Waals surface area contributed by atoms with Crippen LogP contribution in [-0.4, -0.2) is 41.9 Å². The number of ether oxygens (including phenoxy) is 1. The summed E-state index contributed by atoms with van der Waals surface area (Å²) < 4.78 is 5.35. The number of aliphatic hydroxyl groups is 2. The maximum absolute atomic E-state index is 9.35. The number of rotatable bonds is 5. The predicted molar refractivity (Wildman–Crippen MR) is 73.6 cm³/mol. The zero-order valence-corrected chi connectivity index (χ0v) is 11.2. The average Bonchev–Trinajstić information content (AvgIpc) is 2.45. The van der Waals surface area contributed by atoms with Gasteiger partial charge in [0, 0.05) is 24.9 Å². The molecule has 0 saturated carbocycles. The molecule has 2 unspecified atom stereocenters. The van der Waals surface area contributed by atoms with Gasteiger partial charge >= 0.3 is 0 Å². The second kappa shape index (κ2) is 6.84. The van der Waals surface area contributed by atoms with E-state index in [1.165, 1.54) is 5.57 Å². The molecule has 2 heterocycles. The van der Waals surface area contributed by atoms with Crippen molar-refractivity contribution in [2.75, 3.05) is 13.2 Å². The van der Waals surface area contributed by atoms with Crippen LogP contribution in [0.5, 0.6) is 0 Å². The topological polar surface area (TPSA) is 74.1 Å². The van der Waals surface area contributed by atoms with Crippen molar-refractivity contribution < 1.29 is 14.9 Å². The van der Waals surface area contributed by atoms with E-state index >= 15 is 0 Å². The van der Waals surface area contributed by atoms with Crippen LogP contribution in [0, 0.1) is 11.8 Å². The molecule has 2 aliphatic rings. The summed E-state index contributed by atoms with van der Waals surface area (Å²) in [6.07, 6.45) is 7.55. The summed E-state index contributed by atoms with van der Waals surface area (Å²) >= 11 is 0. The van der Waals surface area contributed by atoms with Crippen LogP contribution in [0.1, 0.15) is 19.8 Å². The maximum Gasteiger partial charge on any atom is 0.159 e. The van der Waals surface area contributed by atoms with E-state index in [0.29, 0.717) is 5.92 Å². The first-order chi connectivity index (χ1) is 9.22. The van der Waals surface area contributed by atoms with Gasteiger partial charge in [-0.1, -0.05) is 13.0 Å². The molecule has 0 bridgehead atoms. The lowest BCUT2D eigenvalue weighted by Gasteiger charge is -2.29. The quantitative estimate of drug-likeness (QED) is 0.644. The maximum atomic E-state index is 9.35. The van der Waals surface area contributed by atoms with Gasteiger partial charge in [-0.2, -0.15) is 0 Å². The smallest absolute Gasteiger partial charge is 0.159 e. The third-order valence-electron chi connectivity index (χ3n) is 3.75. The zero-order valence-electron chi connectivity index (χ0n) is 11.2. The number of hydrogen-bond acceptors (Lipinski definition) is 5. The molecule has 5 heteroatoms. The van der Waals surface area contributed by atoms with Crippen molar-refractivity contribution in [3.8, 4) is 0 Å². The van der Waals surface area contributed by atoms with Crippen molar-refractivity contribution >= 4 is 6.21 Å². The first-order valence-corrected chi connectivity index (χ1v) is 6.82. The predicted octanol–water partition coefficient (Wildman–Crippen LogP) is 0.800. The van der Waals surface area contributed by atoms with E-state index in [1.54, 1.807) is 18.5 Å². The minimum atomic E-state index is -1.36. The third-order valence-corrected chi connectivity index (χ3v) is 3.75. The molecular weight excluding hydrogens is 244 g/mol. The standard InChI is InChI=1S/C14H22N2O3/c1-2-10-9-19-6-4-11(10)7-16-13-8-15-5-3-12(13)14(17)18/h3,5,8-9,11-14,16-18H,2,4,6-7H2,1H3/t11-,12?,13?/m0/s1. The number of aliphatic imine (C=N–C) groups is 1. The van der Waals surface area contributed by atoms with Gasteiger partial charge < -0.3 is 20.3 Å². The Morgan fingerprint density at radius 2 is 2.37 bits per heavy atom. The fraction of sp³-hybridized carbons (Fsp3) is 0.643. The monoisotopic (exact) mass is 266 g/mol. The second-order valence-corrected chi connectivity index (χ2v) is 4.97. The molecule has 0 aliphatic carbocycles. The SMILES string of the molecule is CCC1=COCC[C@H]1CNC1C=NC=CC1C(O)O. The molecule has 0 aromatic rings. The minimum absolute atomic E-state index is 0.133. The van der Waals surface area contributed by atoms with Crippen LogP contribution in [0.15, 0.2) is 29.1 Å². The van der Waals surface area contributed by atoms with Crippen molar-refractivity contribution in [3.05, 3.63) is 24.1 Å². The average molecular weight is 266 g/mol. The number of aliphatic hydroxyl groups excluding tert-OH is 1. The van der Waals surface area contributed by atoms with Crippen molar-refractivity contribution in [2.24, 2.45) is 16.8 Å². The van der Waals surface area contributed by atoms with Crippen LogP contribution in [-0.2, 0) is 4.74 Å². The van der Waals surface area contributed by atoms with Gasteiger partial charge in [-0.25, -0.2) is 0 Å². The largest absolute Gasteiger partial charge is 0.501 e. The molecular formula is C14H22N2O3. The van der Waals surface area contributed by atoms with E-state index in [-0.39, 0.29) is 12.0 Å². The summed E-state index contributed by atoms with van der Waals surface area (Å²) in [4.78, 5) is 4.06. The van der Waals surface area contributed by atoms with Gasteiger partial charge in [0.15, 0.2) is 6.29 Å². The van der Waals surface area contributed by atoms with Crippen molar-refractivity contribution in [1.82, 2.24) is 5.32 Å². The Hall–Kier alpha value is -1.17. The van der Waals surface area contributed by atoms with Crippen molar-refractivity contribution in [3.63, 3.8) is 0 Å². The summed E-state index contributed by atoms with van der Waals surface area (Å²) in [6, 6.07) is -0.133. The summed E-state index contributed by atoms with van der Waals surface area (Å²) in [5.74, 6) is 0.112. The van der Waals surface area contributed by atoms with E-state index in [4.69, 9.17) is 4.74 Å². The minimum Gasteiger partial charge on any atom is -0.501 e. The van der Waals surface area contributed by atoms with E-state index in [9.17, 15) is 10.2 Å². The van der Waals surface area contributed by atoms with Crippen LogP contribution in [0.2, 0.25) is 0 Å².